The molecule has 6 nitrogen and oxygen atoms in total. The van der Waals surface area contributed by atoms with Crippen LogP contribution in [0.15, 0.2) is 84.9 Å². The van der Waals surface area contributed by atoms with E-state index < -0.39 is 0 Å². The second-order valence-corrected chi connectivity index (χ2v) is 9.53. The molecule has 36 heavy (non-hydrogen) atoms. The van der Waals surface area contributed by atoms with Crippen LogP contribution in [0, 0.1) is 5.92 Å². The van der Waals surface area contributed by atoms with E-state index >= 15 is 0 Å². The molecular formula is C30H32N4O2. The lowest BCUT2D eigenvalue weighted by Crippen LogP contribution is -2.44. The van der Waals surface area contributed by atoms with Crippen LogP contribution in [-0.2, 0) is 22.4 Å². The number of benzene rings is 3. The highest BCUT2D eigenvalue weighted by Crippen LogP contribution is 2.23. The van der Waals surface area contributed by atoms with E-state index in [9.17, 15) is 9.59 Å². The van der Waals surface area contributed by atoms with Gasteiger partial charge in [0.15, 0.2) is 0 Å². The average Bonchev–Trinajstić information content (AvgIpc) is 3.37. The Labute approximate surface area is 211 Å². The van der Waals surface area contributed by atoms with E-state index in [4.69, 9.17) is 4.98 Å². The third-order valence-electron chi connectivity index (χ3n) is 7.03. The summed E-state index contributed by atoms with van der Waals surface area (Å²) in [6, 6.07) is 27.9. The summed E-state index contributed by atoms with van der Waals surface area (Å²) in [4.78, 5) is 36.1. The standard InChI is InChI=1S/C30H32N4O2/c35-28(16-15-22-9-3-1-4-10-22)34-19-17-24(18-20-34)30(36)33-27(21-23-11-5-2-6-12-23)29-31-25-13-7-8-14-26(25)32-29/h1-14,24,27H,15-21H2,(H,31,32)(H,33,36)/t27-/m0/s1. The molecule has 2 N–H and O–H groups in total. The molecule has 2 amide bonds. The Balaban J connectivity index is 1.20. The highest BCUT2D eigenvalue weighted by Gasteiger charge is 2.29. The SMILES string of the molecule is O=C(N[C@@H](Cc1ccccc1)c1nc2ccccc2[nH]1)C1CCN(C(=O)CCc2ccccc2)CC1. The maximum Gasteiger partial charge on any atom is 0.223 e. The molecule has 4 aromatic rings. The van der Waals surface area contributed by atoms with Gasteiger partial charge in [0.05, 0.1) is 17.1 Å². The number of nitrogens with one attached hydrogen (secondary N) is 2. The van der Waals surface area contributed by atoms with Gasteiger partial charge in [-0.3, -0.25) is 9.59 Å². The summed E-state index contributed by atoms with van der Waals surface area (Å²) in [7, 11) is 0. The van der Waals surface area contributed by atoms with Gasteiger partial charge in [0.1, 0.15) is 5.82 Å². The van der Waals surface area contributed by atoms with E-state index in [2.05, 4.69) is 34.6 Å². The zero-order chi connectivity index (χ0) is 24.7. The Hall–Kier alpha value is -3.93. The fourth-order valence-electron chi connectivity index (χ4n) is 4.94. The molecule has 2 heterocycles. The van der Waals surface area contributed by atoms with E-state index in [1.807, 2.05) is 65.6 Å². The normalized spacial score (nSPS) is 15.1. The number of fused-ring (bicyclic) bond motifs is 1. The summed E-state index contributed by atoms with van der Waals surface area (Å²) in [5, 5.41) is 3.27. The number of carbonyl (C=O) groups is 2. The third-order valence-corrected chi connectivity index (χ3v) is 7.03. The number of imidazole rings is 1. The predicted octanol–water partition coefficient (Wildman–Crippen LogP) is 4.83. The Bertz CT molecular complexity index is 1260. The number of hydrogen-bond acceptors (Lipinski definition) is 3. The highest BCUT2D eigenvalue weighted by molar-refractivity contribution is 5.81. The minimum Gasteiger partial charge on any atom is -0.346 e. The molecule has 3 aromatic carbocycles. The highest BCUT2D eigenvalue weighted by atomic mass is 16.2. The molecule has 0 bridgehead atoms. The zero-order valence-corrected chi connectivity index (χ0v) is 20.4. The Kier molecular flexibility index (Phi) is 7.41. The van der Waals surface area contributed by atoms with Crippen LogP contribution < -0.4 is 5.32 Å². The molecule has 184 valence electrons. The van der Waals surface area contributed by atoms with Crippen molar-refractivity contribution in [2.24, 2.45) is 5.92 Å². The maximum absolute atomic E-state index is 13.3. The lowest BCUT2D eigenvalue weighted by molar-refractivity contribution is -0.135. The van der Waals surface area contributed by atoms with Gasteiger partial charge in [-0.25, -0.2) is 4.98 Å². The van der Waals surface area contributed by atoms with E-state index in [0.29, 0.717) is 38.8 Å². The number of rotatable bonds is 8. The second kappa shape index (κ2) is 11.2. The van der Waals surface area contributed by atoms with Crippen molar-refractivity contribution in [2.75, 3.05) is 13.1 Å². The molecule has 1 fully saturated rings. The molecule has 0 aliphatic carbocycles. The molecule has 0 saturated carbocycles. The summed E-state index contributed by atoms with van der Waals surface area (Å²) in [6.45, 7) is 1.25. The number of aryl methyl sites for hydroxylation is 1. The molecule has 1 saturated heterocycles. The summed E-state index contributed by atoms with van der Waals surface area (Å²) in [5.74, 6) is 0.863. The fourth-order valence-corrected chi connectivity index (χ4v) is 4.94. The van der Waals surface area contributed by atoms with Crippen molar-refractivity contribution >= 4 is 22.8 Å². The molecule has 0 spiro atoms. The molecule has 6 heteroatoms. The lowest BCUT2D eigenvalue weighted by Gasteiger charge is -2.32. The van der Waals surface area contributed by atoms with Gasteiger partial charge in [-0.05, 0) is 48.9 Å². The van der Waals surface area contributed by atoms with Crippen LogP contribution in [0.5, 0.6) is 0 Å². The number of aromatic nitrogens is 2. The predicted molar refractivity (Wildman–Crippen MR) is 141 cm³/mol. The van der Waals surface area contributed by atoms with Crippen LogP contribution >= 0.6 is 0 Å². The van der Waals surface area contributed by atoms with E-state index in [1.165, 1.54) is 5.56 Å². The molecule has 0 radical (unpaired) electrons. The van der Waals surface area contributed by atoms with Crippen LogP contribution in [0.2, 0.25) is 0 Å². The number of hydrogen-bond donors (Lipinski definition) is 2. The number of carbonyl (C=O) groups excluding carboxylic acids is 2. The Morgan fingerprint density at radius 3 is 2.22 bits per heavy atom. The van der Waals surface area contributed by atoms with Gasteiger partial charge in [0.2, 0.25) is 11.8 Å². The lowest BCUT2D eigenvalue weighted by atomic mass is 9.94. The van der Waals surface area contributed by atoms with Crippen molar-refractivity contribution in [2.45, 2.75) is 38.1 Å². The van der Waals surface area contributed by atoms with Gasteiger partial charge >= 0.3 is 0 Å². The van der Waals surface area contributed by atoms with Crippen LogP contribution in [0.3, 0.4) is 0 Å². The molecule has 1 aromatic heterocycles. The Morgan fingerprint density at radius 2 is 1.53 bits per heavy atom. The van der Waals surface area contributed by atoms with Crippen molar-refractivity contribution in [1.29, 1.82) is 0 Å². The minimum absolute atomic E-state index is 0.0350. The van der Waals surface area contributed by atoms with E-state index in [0.717, 1.165) is 28.8 Å². The molecule has 5 rings (SSSR count). The van der Waals surface area contributed by atoms with E-state index in [-0.39, 0.29) is 23.8 Å². The number of aromatic amines is 1. The number of nitrogens with zero attached hydrogens (tertiary/aromatic N) is 2. The molecular weight excluding hydrogens is 448 g/mol. The summed E-state index contributed by atoms with van der Waals surface area (Å²) in [5.41, 5.74) is 4.17. The second-order valence-electron chi connectivity index (χ2n) is 9.53. The molecule has 1 atom stereocenters. The Morgan fingerprint density at radius 1 is 0.889 bits per heavy atom. The van der Waals surface area contributed by atoms with Gasteiger partial charge in [0, 0.05) is 25.4 Å². The molecule has 1 aliphatic rings. The summed E-state index contributed by atoms with van der Waals surface area (Å²) in [6.07, 6.45) is 3.27. The van der Waals surface area contributed by atoms with Crippen LogP contribution in [0.1, 0.15) is 42.3 Å². The number of piperidine rings is 1. The number of amides is 2. The number of H-pyrrole nitrogens is 1. The average molecular weight is 481 g/mol. The van der Waals surface area contributed by atoms with Crippen molar-refractivity contribution < 1.29 is 9.59 Å². The van der Waals surface area contributed by atoms with Crippen molar-refractivity contribution in [1.82, 2.24) is 20.2 Å². The van der Waals surface area contributed by atoms with Crippen LogP contribution in [-0.4, -0.2) is 39.8 Å². The maximum atomic E-state index is 13.3. The van der Waals surface area contributed by atoms with Gasteiger partial charge in [-0.15, -0.1) is 0 Å². The van der Waals surface area contributed by atoms with Gasteiger partial charge < -0.3 is 15.2 Å². The van der Waals surface area contributed by atoms with Crippen molar-refractivity contribution in [3.63, 3.8) is 0 Å². The first-order chi connectivity index (χ1) is 17.7. The monoisotopic (exact) mass is 480 g/mol. The zero-order valence-electron chi connectivity index (χ0n) is 20.4. The third kappa shape index (κ3) is 5.82. The largest absolute Gasteiger partial charge is 0.346 e. The van der Waals surface area contributed by atoms with Crippen LogP contribution in [0.25, 0.3) is 11.0 Å². The first-order valence-electron chi connectivity index (χ1n) is 12.8. The van der Waals surface area contributed by atoms with Gasteiger partial charge in [-0.2, -0.15) is 0 Å². The topological polar surface area (TPSA) is 78.1 Å². The quantitative estimate of drug-likeness (QED) is 0.379. The first kappa shape index (κ1) is 23.8. The van der Waals surface area contributed by atoms with Gasteiger partial charge in [-0.1, -0.05) is 72.8 Å². The smallest absolute Gasteiger partial charge is 0.223 e. The van der Waals surface area contributed by atoms with Crippen molar-refractivity contribution in [3.05, 3.63) is 102 Å². The number of para-hydroxylation sites is 2. The summed E-state index contributed by atoms with van der Waals surface area (Å²) < 4.78 is 0. The minimum atomic E-state index is -0.252. The number of likely N-dealkylation sites (tertiary alicyclic amines) is 1. The van der Waals surface area contributed by atoms with Gasteiger partial charge in [0.25, 0.3) is 0 Å². The fraction of sp³-hybridized carbons (Fsp3) is 0.300. The van der Waals surface area contributed by atoms with Crippen molar-refractivity contribution in [3.8, 4) is 0 Å². The van der Waals surface area contributed by atoms with E-state index in [1.54, 1.807) is 0 Å². The van der Waals surface area contributed by atoms with Crippen LogP contribution in [0.4, 0.5) is 0 Å². The first-order valence-corrected chi connectivity index (χ1v) is 12.8. The molecule has 0 unspecified atom stereocenters. The molecule has 1 aliphatic heterocycles. The summed E-state index contributed by atoms with van der Waals surface area (Å²) >= 11 is 0.